The number of hydrogen-bond donors (Lipinski definition) is 0. The summed E-state index contributed by atoms with van der Waals surface area (Å²) in [6, 6.07) is 0. The van der Waals surface area contributed by atoms with E-state index in [0.717, 1.165) is 0 Å². The maximum absolute atomic E-state index is 2.78. The van der Waals surface area contributed by atoms with Gasteiger partial charge in [0.15, 0.2) is 0 Å². The second kappa shape index (κ2) is 4.19. The Morgan fingerprint density at radius 3 is 2.07 bits per heavy atom. The van der Waals surface area contributed by atoms with Crippen molar-refractivity contribution >= 4 is 0 Å². The Morgan fingerprint density at radius 2 is 1.57 bits per heavy atom. The van der Waals surface area contributed by atoms with Crippen LogP contribution in [0.2, 0.25) is 0 Å². The molecule has 0 radical (unpaired) electrons. The highest BCUT2D eigenvalue weighted by molar-refractivity contribution is 4.95. The minimum absolute atomic E-state index is 0.598. The predicted molar refractivity (Wildman–Crippen MR) is 60.6 cm³/mol. The van der Waals surface area contributed by atoms with E-state index in [2.05, 4.69) is 23.8 Å². The van der Waals surface area contributed by atoms with Crippen molar-refractivity contribution in [1.82, 2.24) is 9.80 Å². The normalized spacial score (nSPS) is 29.6. The van der Waals surface area contributed by atoms with Crippen LogP contribution in [0.3, 0.4) is 0 Å². The zero-order chi connectivity index (χ0) is 10.0. The molecular weight excluding hydrogens is 172 g/mol. The van der Waals surface area contributed by atoms with Crippen LogP contribution >= 0.6 is 0 Å². The molecule has 14 heavy (non-hydrogen) atoms. The Bertz CT molecular complexity index is 177. The molecule has 0 N–H and O–H groups in total. The molecule has 2 fully saturated rings. The van der Waals surface area contributed by atoms with Gasteiger partial charge in [0, 0.05) is 31.7 Å². The number of piperazine rings is 1. The van der Waals surface area contributed by atoms with Gasteiger partial charge in [-0.1, -0.05) is 19.8 Å². The van der Waals surface area contributed by atoms with Crippen molar-refractivity contribution in [3.8, 4) is 0 Å². The summed E-state index contributed by atoms with van der Waals surface area (Å²) < 4.78 is 0. The van der Waals surface area contributed by atoms with E-state index in [9.17, 15) is 0 Å². The molecule has 2 rings (SSSR count). The van der Waals surface area contributed by atoms with Gasteiger partial charge in [-0.25, -0.2) is 0 Å². The highest BCUT2D eigenvalue weighted by atomic mass is 15.3. The second-order valence-corrected chi connectivity index (χ2v) is 5.08. The van der Waals surface area contributed by atoms with E-state index in [-0.39, 0.29) is 0 Å². The first-order valence-corrected chi connectivity index (χ1v) is 6.20. The molecule has 0 aromatic rings. The molecule has 2 nitrogen and oxygen atoms in total. The molecule has 2 heteroatoms. The SMILES string of the molecule is CCC1(N2CCN(C)CC2)CCCC1. The van der Waals surface area contributed by atoms with E-state index in [0.29, 0.717) is 5.54 Å². The van der Waals surface area contributed by atoms with E-state index in [1.165, 1.54) is 58.3 Å². The first-order valence-electron chi connectivity index (χ1n) is 6.20. The molecule has 1 heterocycles. The number of rotatable bonds is 2. The highest BCUT2D eigenvalue weighted by Gasteiger charge is 2.38. The van der Waals surface area contributed by atoms with Crippen LogP contribution in [0.1, 0.15) is 39.0 Å². The summed E-state index contributed by atoms with van der Waals surface area (Å²) in [5, 5.41) is 0. The third-order valence-corrected chi connectivity index (χ3v) is 4.37. The van der Waals surface area contributed by atoms with Gasteiger partial charge in [-0.15, -0.1) is 0 Å². The van der Waals surface area contributed by atoms with Gasteiger partial charge in [-0.3, -0.25) is 4.90 Å². The average Bonchev–Trinajstić information content (AvgIpc) is 2.68. The molecule has 1 aliphatic carbocycles. The van der Waals surface area contributed by atoms with Gasteiger partial charge in [0.2, 0.25) is 0 Å². The van der Waals surface area contributed by atoms with Gasteiger partial charge < -0.3 is 4.90 Å². The Morgan fingerprint density at radius 1 is 1.00 bits per heavy atom. The molecule has 0 atom stereocenters. The zero-order valence-corrected chi connectivity index (χ0v) is 9.76. The van der Waals surface area contributed by atoms with E-state index >= 15 is 0 Å². The fraction of sp³-hybridized carbons (Fsp3) is 1.00. The van der Waals surface area contributed by atoms with Gasteiger partial charge in [0.25, 0.3) is 0 Å². The zero-order valence-electron chi connectivity index (χ0n) is 9.76. The standard InChI is InChI=1S/C12H24N2/c1-3-12(6-4-5-7-12)14-10-8-13(2)9-11-14/h3-11H2,1-2H3. The molecule has 0 spiro atoms. The minimum atomic E-state index is 0.598. The molecule has 0 amide bonds. The third kappa shape index (κ3) is 1.82. The lowest BCUT2D eigenvalue weighted by atomic mass is 9.91. The van der Waals surface area contributed by atoms with E-state index in [4.69, 9.17) is 0 Å². The van der Waals surface area contributed by atoms with Crippen molar-refractivity contribution in [2.45, 2.75) is 44.6 Å². The Hall–Kier alpha value is -0.0800. The molecule has 0 aromatic carbocycles. The lowest BCUT2D eigenvalue weighted by molar-refractivity contribution is 0.0402. The van der Waals surface area contributed by atoms with Crippen molar-refractivity contribution in [3.05, 3.63) is 0 Å². The molecule has 82 valence electrons. The van der Waals surface area contributed by atoms with Crippen LogP contribution in [0.5, 0.6) is 0 Å². The van der Waals surface area contributed by atoms with E-state index < -0.39 is 0 Å². The van der Waals surface area contributed by atoms with Crippen LogP contribution in [-0.4, -0.2) is 48.6 Å². The molecule has 1 aliphatic heterocycles. The maximum atomic E-state index is 2.78. The Kier molecular flexibility index (Phi) is 3.13. The van der Waals surface area contributed by atoms with Crippen molar-refractivity contribution in [1.29, 1.82) is 0 Å². The van der Waals surface area contributed by atoms with Gasteiger partial charge in [-0.05, 0) is 26.3 Å². The Labute approximate surface area is 88.3 Å². The second-order valence-electron chi connectivity index (χ2n) is 5.08. The van der Waals surface area contributed by atoms with E-state index in [1.807, 2.05) is 0 Å². The Balaban J connectivity index is 1.98. The molecule has 1 saturated carbocycles. The van der Waals surface area contributed by atoms with Crippen LogP contribution in [0.15, 0.2) is 0 Å². The highest BCUT2D eigenvalue weighted by Crippen LogP contribution is 2.38. The first kappa shape index (κ1) is 10.4. The summed E-state index contributed by atoms with van der Waals surface area (Å²) in [6.45, 7) is 7.50. The third-order valence-electron chi connectivity index (χ3n) is 4.37. The summed E-state index contributed by atoms with van der Waals surface area (Å²) in [4.78, 5) is 5.23. The van der Waals surface area contributed by atoms with Crippen molar-refractivity contribution < 1.29 is 0 Å². The van der Waals surface area contributed by atoms with Crippen LogP contribution in [-0.2, 0) is 0 Å². The van der Waals surface area contributed by atoms with Crippen molar-refractivity contribution in [3.63, 3.8) is 0 Å². The van der Waals surface area contributed by atoms with Gasteiger partial charge >= 0.3 is 0 Å². The topological polar surface area (TPSA) is 6.48 Å². The summed E-state index contributed by atoms with van der Waals surface area (Å²) >= 11 is 0. The lowest BCUT2D eigenvalue weighted by Crippen LogP contribution is -2.55. The van der Waals surface area contributed by atoms with E-state index in [1.54, 1.807) is 0 Å². The molecule has 1 saturated heterocycles. The number of hydrogen-bond acceptors (Lipinski definition) is 2. The summed E-state index contributed by atoms with van der Waals surface area (Å²) in [7, 11) is 2.24. The van der Waals surface area contributed by atoms with Crippen LogP contribution in [0.4, 0.5) is 0 Å². The quantitative estimate of drug-likeness (QED) is 0.666. The smallest absolute Gasteiger partial charge is 0.0208 e. The predicted octanol–water partition coefficient (Wildman–Crippen LogP) is 1.96. The fourth-order valence-corrected chi connectivity index (χ4v) is 3.21. The van der Waals surface area contributed by atoms with Crippen molar-refractivity contribution in [2.75, 3.05) is 33.2 Å². The molecule has 0 bridgehead atoms. The molecule has 2 aliphatic rings. The van der Waals surface area contributed by atoms with Crippen LogP contribution < -0.4 is 0 Å². The van der Waals surface area contributed by atoms with Crippen molar-refractivity contribution in [2.24, 2.45) is 0 Å². The molecule has 0 aromatic heterocycles. The molecular formula is C12H24N2. The summed E-state index contributed by atoms with van der Waals surface area (Å²) in [6.07, 6.45) is 7.18. The molecule has 0 unspecified atom stereocenters. The van der Waals surface area contributed by atoms with Gasteiger partial charge in [0.05, 0.1) is 0 Å². The first-order chi connectivity index (χ1) is 6.77. The summed E-state index contributed by atoms with van der Waals surface area (Å²) in [5.41, 5.74) is 0.598. The van der Waals surface area contributed by atoms with Crippen LogP contribution in [0, 0.1) is 0 Å². The van der Waals surface area contributed by atoms with Crippen LogP contribution in [0.25, 0.3) is 0 Å². The number of likely N-dealkylation sites (N-methyl/N-ethyl adjacent to an activating group) is 1. The largest absolute Gasteiger partial charge is 0.304 e. The monoisotopic (exact) mass is 196 g/mol. The van der Waals surface area contributed by atoms with Gasteiger partial charge in [0.1, 0.15) is 0 Å². The van der Waals surface area contributed by atoms with Gasteiger partial charge in [-0.2, -0.15) is 0 Å². The summed E-state index contributed by atoms with van der Waals surface area (Å²) in [5.74, 6) is 0. The maximum Gasteiger partial charge on any atom is 0.0208 e. The minimum Gasteiger partial charge on any atom is -0.304 e. The lowest BCUT2D eigenvalue weighted by Gasteiger charge is -2.45. The average molecular weight is 196 g/mol. The fourth-order valence-electron chi connectivity index (χ4n) is 3.21. The number of nitrogens with zero attached hydrogens (tertiary/aromatic N) is 2.